The second-order valence-corrected chi connectivity index (χ2v) is 5.67. The summed E-state index contributed by atoms with van der Waals surface area (Å²) in [6.07, 6.45) is 5.89. The Morgan fingerprint density at radius 3 is 2.58 bits per heavy atom. The summed E-state index contributed by atoms with van der Waals surface area (Å²) in [6.45, 7) is 5.58. The van der Waals surface area contributed by atoms with E-state index in [1.807, 2.05) is 13.8 Å². The van der Waals surface area contributed by atoms with Crippen molar-refractivity contribution in [3.63, 3.8) is 0 Å². The van der Waals surface area contributed by atoms with Gasteiger partial charge in [-0.3, -0.25) is 0 Å². The number of rotatable bonds is 7. The molecule has 0 unspecified atom stereocenters. The van der Waals surface area contributed by atoms with E-state index in [1.165, 1.54) is 6.42 Å². The van der Waals surface area contributed by atoms with Gasteiger partial charge in [0.05, 0.1) is 11.7 Å². The number of nitrogens with one attached hydrogen (secondary N) is 2. The van der Waals surface area contributed by atoms with Gasteiger partial charge >= 0.3 is 6.03 Å². The molecule has 0 aromatic rings. The molecular formula is C14H28N2O3. The van der Waals surface area contributed by atoms with Crippen LogP contribution in [0.3, 0.4) is 0 Å². The summed E-state index contributed by atoms with van der Waals surface area (Å²) in [4.78, 5) is 11.6. The predicted octanol–water partition coefficient (Wildman–Crippen LogP) is 1.80. The van der Waals surface area contributed by atoms with Crippen molar-refractivity contribution in [1.29, 1.82) is 0 Å². The number of hydrogen-bond acceptors (Lipinski definition) is 3. The normalized spacial score (nSPS) is 18.3. The molecule has 0 spiro atoms. The smallest absolute Gasteiger partial charge is 0.314 e. The minimum atomic E-state index is -0.698. The summed E-state index contributed by atoms with van der Waals surface area (Å²) in [6, 6.07) is -0.205. The van der Waals surface area contributed by atoms with Crippen molar-refractivity contribution in [3.8, 4) is 0 Å². The van der Waals surface area contributed by atoms with Gasteiger partial charge in [0.1, 0.15) is 0 Å². The fraction of sp³-hybridized carbons (Fsp3) is 0.929. The number of urea groups is 1. The fourth-order valence-electron chi connectivity index (χ4n) is 2.29. The Morgan fingerprint density at radius 1 is 1.26 bits per heavy atom. The SMILES string of the molecule is CC(C)OCCCNC(=O)NCC1(O)CCCCC1. The average Bonchev–Trinajstić information content (AvgIpc) is 2.37. The third-order valence-electron chi connectivity index (χ3n) is 3.42. The first-order valence-electron chi connectivity index (χ1n) is 7.37. The highest BCUT2D eigenvalue weighted by Gasteiger charge is 2.29. The van der Waals surface area contributed by atoms with Crippen LogP contribution in [-0.4, -0.2) is 42.5 Å². The maximum Gasteiger partial charge on any atom is 0.314 e. The quantitative estimate of drug-likeness (QED) is 0.619. The molecule has 19 heavy (non-hydrogen) atoms. The van der Waals surface area contributed by atoms with Gasteiger partial charge in [-0.05, 0) is 33.1 Å². The molecule has 0 aromatic carbocycles. The molecule has 0 saturated heterocycles. The van der Waals surface area contributed by atoms with Crippen molar-refractivity contribution in [2.45, 2.75) is 64.1 Å². The van der Waals surface area contributed by atoms with Gasteiger partial charge in [-0.1, -0.05) is 19.3 Å². The number of aliphatic hydroxyl groups is 1. The second-order valence-electron chi connectivity index (χ2n) is 5.67. The molecule has 0 heterocycles. The molecule has 5 nitrogen and oxygen atoms in total. The summed E-state index contributed by atoms with van der Waals surface area (Å²) in [5.74, 6) is 0. The van der Waals surface area contributed by atoms with Gasteiger partial charge in [0, 0.05) is 19.7 Å². The molecule has 1 fully saturated rings. The number of carbonyl (C=O) groups is 1. The van der Waals surface area contributed by atoms with Crippen LogP contribution in [0.5, 0.6) is 0 Å². The molecule has 0 bridgehead atoms. The van der Waals surface area contributed by atoms with Crippen LogP contribution in [0.4, 0.5) is 4.79 Å². The first-order chi connectivity index (χ1) is 9.02. The number of amides is 2. The van der Waals surface area contributed by atoms with E-state index in [4.69, 9.17) is 4.74 Å². The zero-order valence-corrected chi connectivity index (χ0v) is 12.2. The Bertz CT molecular complexity index is 263. The first kappa shape index (κ1) is 16.2. The van der Waals surface area contributed by atoms with E-state index < -0.39 is 5.60 Å². The zero-order chi connectivity index (χ0) is 14.1. The largest absolute Gasteiger partial charge is 0.388 e. The molecular weight excluding hydrogens is 244 g/mol. The molecule has 0 atom stereocenters. The van der Waals surface area contributed by atoms with Gasteiger partial charge in [-0.2, -0.15) is 0 Å². The second kappa shape index (κ2) is 8.38. The Morgan fingerprint density at radius 2 is 1.95 bits per heavy atom. The Balaban J connectivity index is 2.04. The van der Waals surface area contributed by atoms with Crippen LogP contribution in [0.15, 0.2) is 0 Å². The third-order valence-corrected chi connectivity index (χ3v) is 3.42. The van der Waals surface area contributed by atoms with Crippen LogP contribution in [0.2, 0.25) is 0 Å². The molecule has 5 heteroatoms. The first-order valence-corrected chi connectivity index (χ1v) is 7.37. The predicted molar refractivity (Wildman–Crippen MR) is 75.1 cm³/mol. The van der Waals surface area contributed by atoms with Crippen molar-refractivity contribution in [2.75, 3.05) is 19.7 Å². The van der Waals surface area contributed by atoms with E-state index >= 15 is 0 Å². The minimum absolute atomic E-state index is 0.205. The maximum atomic E-state index is 11.6. The highest BCUT2D eigenvalue weighted by atomic mass is 16.5. The van der Waals surface area contributed by atoms with Crippen LogP contribution in [0, 0.1) is 0 Å². The highest BCUT2D eigenvalue weighted by molar-refractivity contribution is 5.73. The lowest BCUT2D eigenvalue weighted by molar-refractivity contribution is 0.00716. The van der Waals surface area contributed by atoms with E-state index in [9.17, 15) is 9.90 Å². The highest BCUT2D eigenvalue weighted by Crippen LogP contribution is 2.27. The summed E-state index contributed by atoms with van der Waals surface area (Å²) in [5.41, 5.74) is -0.698. The van der Waals surface area contributed by atoms with Crippen molar-refractivity contribution >= 4 is 6.03 Å². The van der Waals surface area contributed by atoms with Crippen LogP contribution < -0.4 is 10.6 Å². The lowest BCUT2D eigenvalue weighted by atomic mass is 9.85. The fourth-order valence-corrected chi connectivity index (χ4v) is 2.29. The van der Waals surface area contributed by atoms with Gasteiger partial charge in [-0.25, -0.2) is 4.79 Å². The zero-order valence-electron chi connectivity index (χ0n) is 12.2. The van der Waals surface area contributed by atoms with E-state index in [0.29, 0.717) is 19.7 Å². The third kappa shape index (κ3) is 7.38. The van der Waals surface area contributed by atoms with Crippen LogP contribution in [0.1, 0.15) is 52.4 Å². The van der Waals surface area contributed by atoms with Crippen LogP contribution in [0.25, 0.3) is 0 Å². The molecule has 0 aliphatic heterocycles. The molecule has 1 aliphatic carbocycles. The van der Waals surface area contributed by atoms with Crippen LogP contribution in [-0.2, 0) is 4.74 Å². The molecule has 0 aromatic heterocycles. The van der Waals surface area contributed by atoms with Crippen LogP contribution >= 0.6 is 0 Å². The number of ether oxygens (including phenoxy) is 1. The van der Waals surface area contributed by atoms with E-state index in [2.05, 4.69) is 10.6 Å². The van der Waals surface area contributed by atoms with Gasteiger partial charge < -0.3 is 20.5 Å². The lowest BCUT2D eigenvalue weighted by Crippen LogP contribution is -2.47. The maximum absolute atomic E-state index is 11.6. The molecule has 0 radical (unpaired) electrons. The topological polar surface area (TPSA) is 70.6 Å². The minimum Gasteiger partial charge on any atom is -0.388 e. The van der Waals surface area contributed by atoms with Crippen molar-refractivity contribution in [2.24, 2.45) is 0 Å². The van der Waals surface area contributed by atoms with Gasteiger partial charge in [0.15, 0.2) is 0 Å². The number of hydrogen-bond donors (Lipinski definition) is 3. The van der Waals surface area contributed by atoms with Gasteiger partial charge in [0.2, 0.25) is 0 Å². The Hall–Kier alpha value is -0.810. The summed E-state index contributed by atoms with van der Waals surface area (Å²) < 4.78 is 5.38. The van der Waals surface area contributed by atoms with Gasteiger partial charge in [0.25, 0.3) is 0 Å². The molecule has 112 valence electrons. The molecule has 1 aliphatic rings. The van der Waals surface area contributed by atoms with Crippen molar-refractivity contribution in [3.05, 3.63) is 0 Å². The lowest BCUT2D eigenvalue weighted by Gasteiger charge is -2.32. The summed E-state index contributed by atoms with van der Waals surface area (Å²) >= 11 is 0. The van der Waals surface area contributed by atoms with Gasteiger partial charge in [-0.15, -0.1) is 0 Å². The van der Waals surface area contributed by atoms with E-state index in [1.54, 1.807) is 0 Å². The monoisotopic (exact) mass is 272 g/mol. The van der Waals surface area contributed by atoms with E-state index in [-0.39, 0.29) is 12.1 Å². The van der Waals surface area contributed by atoms with E-state index in [0.717, 1.165) is 32.1 Å². The Labute approximate surface area is 116 Å². The Kier molecular flexibility index (Phi) is 7.16. The molecule has 1 saturated carbocycles. The average molecular weight is 272 g/mol. The van der Waals surface area contributed by atoms with Crippen molar-refractivity contribution < 1.29 is 14.6 Å². The number of carbonyl (C=O) groups excluding carboxylic acids is 1. The molecule has 2 amide bonds. The van der Waals surface area contributed by atoms with Crippen molar-refractivity contribution in [1.82, 2.24) is 10.6 Å². The molecule has 1 rings (SSSR count). The standard InChI is InChI=1S/C14H28N2O3/c1-12(2)19-10-6-9-15-13(17)16-11-14(18)7-4-3-5-8-14/h12,18H,3-11H2,1-2H3,(H2,15,16,17). The summed E-state index contributed by atoms with van der Waals surface area (Å²) in [7, 11) is 0. The molecule has 3 N–H and O–H groups in total. The summed E-state index contributed by atoms with van der Waals surface area (Å²) in [5, 5.41) is 15.8.